The number of hydrogen-bond acceptors (Lipinski definition) is 2. The van der Waals surface area contributed by atoms with Gasteiger partial charge in [0.2, 0.25) is 0 Å². The van der Waals surface area contributed by atoms with Crippen molar-refractivity contribution < 1.29 is 9.90 Å². The summed E-state index contributed by atoms with van der Waals surface area (Å²) in [6, 6.07) is 0. The van der Waals surface area contributed by atoms with Crippen LogP contribution in [0.1, 0.15) is 98.8 Å². The number of rotatable bonds is 5. The maximum Gasteiger partial charge on any atom is 0.155 e. The van der Waals surface area contributed by atoms with Crippen LogP contribution >= 0.6 is 0 Å². The van der Waals surface area contributed by atoms with Gasteiger partial charge in [-0.25, -0.2) is 0 Å². The lowest BCUT2D eigenvalue weighted by atomic mass is 9.46. The summed E-state index contributed by atoms with van der Waals surface area (Å²) in [6.45, 7) is 12.2. The minimum Gasteiger partial charge on any atom is -0.389 e. The summed E-state index contributed by atoms with van der Waals surface area (Å²) in [4.78, 5) is 12.1. The van der Waals surface area contributed by atoms with Gasteiger partial charge in [0.25, 0.3) is 0 Å². The van der Waals surface area contributed by atoms with Crippen LogP contribution in [-0.4, -0.2) is 17.0 Å². The van der Waals surface area contributed by atoms with Crippen molar-refractivity contribution in [2.24, 2.45) is 46.3 Å². The third-order valence-electron chi connectivity index (χ3n) is 10.2. The van der Waals surface area contributed by atoms with Crippen LogP contribution in [0.4, 0.5) is 0 Å². The number of aliphatic hydroxyl groups is 1. The van der Waals surface area contributed by atoms with E-state index in [4.69, 9.17) is 0 Å². The zero-order valence-electron chi connectivity index (χ0n) is 19.5. The molecule has 0 aromatic carbocycles. The Hall–Kier alpha value is -0.630. The molecule has 3 saturated carbocycles. The fraction of sp³-hybridized carbons (Fsp3) is 0.889. The van der Waals surface area contributed by atoms with Gasteiger partial charge in [0.15, 0.2) is 5.78 Å². The molecule has 4 rings (SSSR count). The van der Waals surface area contributed by atoms with E-state index < -0.39 is 6.10 Å². The number of carbonyl (C=O) groups is 1. The third-order valence-corrected chi connectivity index (χ3v) is 10.2. The second kappa shape index (κ2) is 7.81. The Balaban J connectivity index is 1.53. The van der Waals surface area contributed by atoms with Crippen LogP contribution in [0.15, 0.2) is 11.6 Å². The maximum atomic E-state index is 12.1. The summed E-state index contributed by atoms with van der Waals surface area (Å²) >= 11 is 0. The summed E-state index contributed by atoms with van der Waals surface area (Å²) in [7, 11) is 0. The molecule has 0 bridgehead atoms. The molecule has 3 fully saturated rings. The summed E-state index contributed by atoms with van der Waals surface area (Å²) in [5.74, 6) is 4.81. The standard InChI is InChI=1S/C27H44O2/c1-17(2)7-6-8-18(3)21-9-10-22-20-16-25(29)24-15-19(28)11-13-27(24,5)23(20)12-14-26(21,22)4/h15,17-18,20-23,25,29H,6-14,16H2,1-5H3/t18-,20-,21+,22-,23+,25+,26+,27+/m0/s1. The first-order chi connectivity index (χ1) is 13.7. The molecule has 164 valence electrons. The van der Waals surface area contributed by atoms with Crippen LogP contribution in [0.2, 0.25) is 0 Å². The SMILES string of the molecule is CC(C)CCC[C@H](C)[C@H]1CC[C@H]2[C@@H]3C[C@@H](O)C4=CC(=O)CC[C@]4(C)[C@@H]3CC[C@]12C. The molecule has 0 saturated heterocycles. The fourth-order valence-electron chi connectivity index (χ4n) is 8.63. The van der Waals surface area contributed by atoms with E-state index in [1.807, 2.05) is 6.08 Å². The molecule has 4 aliphatic carbocycles. The van der Waals surface area contributed by atoms with Gasteiger partial charge in [-0.2, -0.15) is 0 Å². The van der Waals surface area contributed by atoms with Crippen LogP contribution in [0.25, 0.3) is 0 Å². The Morgan fingerprint density at radius 3 is 2.55 bits per heavy atom. The third kappa shape index (κ3) is 3.56. The van der Waals surface area contributed by atoms with Crippen molar-refractivity contribution in [2.75, 3.05) is 0 Å². The number of fused-ring (bicyclic) bond motifs is 5. The molecule has 2 nitrogen and oxygen atoms in total. The smallest absolute Gasteiger partial charge is 0.155 e. The van der Waals surface area contributed by atoms with Gasteiger partial charge in [0, 0.05) is 6.42 Å². The highest BCUT2D eigenvalue weighted by Gasteiger charge is 2.60. The van der Waals surface area contributed by atoms with Crippen molar-refractivity contribution in [1.29, 1.82) is 0 Å². The van der Waals surface area contributed by atoms with Crippen molar-refractivity contribution in [3.63, 3.8) is 0 Å². The zero-order chi connectivity index (χ0) is 21.0. The molecule has 1 N–H and O–H groups in total. The lowest BCUT2D eigenvalue weighted by Crippen LogP contribution is -2.54. The van der Waals surface area contributed by atoms with Gasteiger partial charge in [-0.15, -0.1) is 0 Å². The molecule has 0 aromatic heterocycles. The van der Waals surface area contributed by atoms with Gasteiger partial charge >= 0.3 is 0 Å². The topological polar surface area (TPSA) is 37.3 Å². The average Bonchev–Trinajstić information content (AvgIpc) is 3.00. The Bertz CT molecular complexity index is 663. The maximum absolute atomic E-state index is 12.1. The molecule has 0 spiro atoms. The van der Waals surface area contributed by atoms with Crippen LogP contribution in [0.3, 0.4) is 0 Å². The van der Waals surface area contributed by atoms with Gasteiger partial charge < -0.3 is 5.11 Å². The molecular weight excluding hydrogens is 356 g/mol. The van der Waals surface area contributed by atoms with E-state index in [2.05, 4.69) is 34.6 Å². The van der Waals surface area contributed by atoms with E-state index in [9.17, 15) is 9.90 Å². The van der Waals surface area contributed by atoms with Crippen molar-refractivity contribution in [3.05, 3.63) is 11.6 Å². The fourth-order valence-corrected chi connectivity index (χ4v) is 8.63. The van der Waals surface area contributed by atoms with E-state index in [0.717, 1.165) is 42.1 Å². The first-order valence-electron chi connectivity index (χ1n) is 12.6. The minimum atomic E-state index is -0.393. The predicted molar refractivity (Wildman–Crippen MR) is 119 cm³/mol. The highest BCUT2D eigenvalue weighted by Crippen LogP contribution is 2.67. The molecular formula is C27H44O2. The Labute approximate surface area is 178 Å². The number of hydrogen-bond donors (Lipinski definition) is 1. The number of ketones is 1. The molecule has 29 heavy (non-hydrogen) atoms. The van der Waals surface area contributed by atoms with E-state index in [-0.39, 0.29) is 11.2 Å². The largest absolute Gasteiger partial charge is 0.389 e. The molecule has 0 aliphatic heterocycles. The second-order valence-electron chi connectivity index (χ2n) is 12.1. The van der Waals surface area contributed by atoms with E-state index in [1.54, 1.807) is 0 Å². The van der Waals surface area contributed by atoms with E-state index >= 15 is 0 Å². The molecule has 0 radical (unpaired) electrons. The molecule has 0 unspecified atom stereocenters. The average molecular weight is 401 g/mol. The highest BCUT2D eigenvalue weighted by molar-refractivity contribution is 5.91. The van der Waals surface area contributed by atoms with Crippen molar-refractivity contribution in [2.45, 2.75) is 105 Å². The van der Waals surface area contributed by atoms with E-state index in [1.165, 1.54) is 44.9 Å². The lowest BCUT2D eigenvalue weighted by molar-refractivity contribution is -0.119. The summed E-state index contributed by atoms with van der Waals surface area (Å²) in [5, 5.41) is 11.1. The molecule has 0 heterocycles. The normalized spacial score (nSPS) is 45.4. The second-order valence-corrected chi connectivity index (χ2v) is 12.1. The molecule has 8 atom stereocenters. The van der Waals surface area contributed by atoms with Crippen molar-refractivity contribution in [3.8, 4) is 0 Å². The summed E-state index contributed by atoms with van der Waals surface area (Å²) in [6.07, 6.45) is 13.5. The minimum absolute atomic E-state index is 0.0541. The molecule has 4 aliphatic rings. The number of aliphatic hydroxyl groups excluding tert-OH is 1. The Morgan fingerprint density at radius 1 is 1.07 bits per heavy atom. The molecule has 0 amide bonds. The van der Waals surface area contributed by atoms with Crippen LogP contribution in [0.5, 0.6) is 0 Å². The van der Waals surface area contributed by atoms with E-state index in [0.29, 0.717) is 23.7 Å². The van der Waals surface area contributed by atoms with Gasteiger partial charge in [-0.05, 0) is 96.5 Å². The predicted octanol–water partition coefficient (Wildman–Crippen LogP) is 6.57. The number of carbonyl (C=O) groups excluding carboxylic acids is 1. The van der Waals surface area contributed by atoms with Crippen LogP contribution in [0, 0.1) is 46.3 Å². The van der Waals surface area contributed by atoms with Crippen LogP contribution < -0.4 is 0 Å². The van der Waals surface area contributed by atoms with Crippen LogP contribution in [-0.2, 0) is 4.79 Å². The Morgan fingerprint density at radius 2 is 1.83 bits per heavy atom. The van der Waals surface area contributed by atoms with Gasteiger partial charge in [-0.3, -0.25) is 4.79 Å². The van der Waals surface area contributed by atoms with Gasteiger partial charge in [-0.1, -0.05) is 53.9 Å². The van der Waals surface area contributed by atoms with Crippen molar-refractivity contribution >= 4 is 5.78 Å². The molecule has 2 heteroatoms. The monoisotopic (exact) mass is 400 g/mol. The summed E-state index contributed by atoms with van der Waals surface area (Å²) in [5.41, 5.74) is 1.59. The highest BCUT2D eigenvalue weighted by atomic mass is 16.3. The molecule has 0 aromatic rings. The van der Waals surface area contributed by atoms with Crippen molar-refractivity contribution in [1.82, 2.24) is 0 Å². The Kier molecular flexibility index (Phi) is 5.82. The lowest BCUT2D eigenvalue weighted by Gasteiger charge is -2.59. The summed E-state index contributed by atoms with van der Waals surface area (Å²) < 4.78 is 0. The first-order valence-corrected chi connectivity index (χ1v) is 12.6. The van der Waals surface area contributed by atoms with Gasteiger partial charge in [0.1, 0.15) is 0 Å². The first kappa shape index (κ1) is 21.6. The zero-order valence-corrected chi connectivity index (χ0v) is 19.5. The quantitative estimate of drug-likeness (QED) is 0.567. The van der Waals surface area contributed by atoms with Gasteiger partial charge in [0.05, 0.1) is 6.10 Å².